The van der Waals surface area contributed by atoms with Crippen LogP contribution in [0, 0.1) is 0 Å². The van der Waals surface area contributed by atoms with Crippen molar-refractivity contribution in [2.45, 2.75) is 26.6 Å². The van der Waals surface area contributed by atoms with Gasteiger partial charge in [0.05, 0.1) is 6.54 Å². The molecule has 24 heavy (non-hydrogen) atoms. The Morgan fingerprint density at radius 2 is 1.88 bits per heavy atom. The number of anilines is 1. The molecule has 0 radical (unpaired) electrons. The van der Waals surface area contributed by atoms with Crippen molar-refractivity contribution in [1.29, 1.82) is 0 Å². The molecule has 4 nitrogen and oxygen atoms in total. The van der Waals surface area contributed by atoms with Crippen molar-refractivity contribution in [3.05, 3.63) is 40.3 Å². The predicted molar refractivity (Wildman–Crippen MR) is 90.2 cm³/mol. The summed E-state index contributed by atoms with van der Waals surface area (Å²) in [5.74, 6) is 0.116. The molecule has 0 aromatic carbocycles. The summed E-state index contributed by atoms with van der Waals surface area (Å²) in [5.41, 5.74) is -0.911. The van der Waals surface area contributed by atoms with Crippen LogP contribution >= 0.6 is 11.3 Å². The average molecular weight is 358 g/mol. The molecular formula is C16H21F3N4S. The first-order chi connectivity index (χ1) is 11.4. The lowest BCUT2D eigenvalue weighted by Crippen LogP contribution is -2.35. The Balaban J connectivity index is 2.21. The lowest BCUT2D eigenvalue weighted by atomic mass is 10.3. The van der Waals surface area contributed by atoms with E-state index in [0.717, 1.165) is 30.6 Å². The Morgan fingerprint density at radius 3 is 2.46 bits per heavy atom. The Labute approximate surface area is 144 Å². The van der Waals surface area contributed by atoms with E-state index in [1.54, 1.807) is 16.2 Å². The zero-order valence-corrected chi connectivity index (χ0v) is 14.6. The maximum Gasteiger partial charge on any atom is 0.433 e. The van der Waals surface area contributed by atoms with Crippen LogP contribution in [-0.4, -0.2) is 41.0 Å². The molecule has 0 atom stereocenters. The highest BCUT2D eigenvalue weighted by Crippen LogP contribution is 2.28. The Kier molecular flexibility index (Phi) is 6.56. The largest absolute Gasteiger partial charge is 0.433 e. The summed E-state index contributed by atoms with van der Waals surface area (Å²) >= 11 is 1.57. The second-order valence-corrected chi connectivity index (χ2v) is 6.30. The molecule has 2 aromatic heterocycles. The topological polar surface area (TPSA) is 32.3 Å². The molecule has 0 saturated carbocycles. The van der Waals surface area contributed by atoms with Crippen LogP contribution in [0.4, 0.5) is 19.1 Å². The highest BCUT2D eigenvalue weighted by Gasteiger charge is 2.33. The molecule has 0 bridgehead atoms. The van der Waals surface area contributed by atoms with Crippen molar-refractivity contribution in [2.75, 3.05) is 31.1 Å². The zero-order valence-electron chi connectivity index (χ0n) is 13.8. The molecule has 0 amide bonds. The van der Waals surface area contributed by atoms with Gasteiger partial charge in [-0.15, -0.1) is 11.3 Å². The summed E-state index contributed by atoms with van der Waals surface area (Å²) in [6, 6.07) is 4.79. The average Bonchev–Trinajstić information content (AvgIpc) is 3.07. The number of rotatable bonds is 8. The number of thiophene rings is 1. The Bertz CT molecular complexity index is 612. The van der Waals surface area contributed by atoms with E-state index in [4.69, 9.17) is 0 Å². The summed E-state index contributed by atoms with van der Waals surface area (Å²) in [6.45, 7) is 7.74. The molecule has 0 unspecified atom stereocenters. The van der Waals surface area contributed by atoms with Gasteiger partial charge in [-0.1, -0.05) is 19.9 Å². The second-order valence-electron chi connectivity index (χ2n) is 5.27. The van der Waals surface area contributed by atoms with E-state index >= 15 is 0 Å². The molecule has 0 spiro atoms. The predicted octanol–water partition coefficient (Wildman–Crippen LogP) is 3.91. The molecule has 0 N–H and O–H groups in total. The van der Waals surface area contributed by atoms with Crippen LogP contribution in [0.3, 0.4) is 0 Å². The molecule has 8 heteroatoms. The van der Waals surface area contributed by atoms with Crippen molar-refractivity contribution < 1.29 is 13.2 Å². The van der Waals surface area contributed by atoms with Crippen molar-refractivity contribution >= 4 is 17.3 Å². The van der Waals surface area contributed by atoms with Gasteiger partial charge in [-0.05, 0) is 30.6 Å². The number of halogens is 3. The third-order valence-electron chi connectivity index (χ3n) is 3.72. The second kappa shape index (κ2) is 8.43. The van der Waals surface area contributed by atoms with Crippen molar-refractivity contribution in [3.63, 3.8) is 0 Å². The molecule has 0 fully saturated rings. The summed E-state index contributed by atoms with van der Waals surface area (Å²) in [4.78, 5) is 12.9. The molecular weight excluding hydrogens is 337 g/mol. The van der Waals surface area contributed by atoms with Crippen molar-refractivity contribution in [1.82, 2.24) is 14.9 Å². The maximum atomic E-state index is 12.9. The van der Waals surface area contributed by atoms with Gasteiger partial charge in [0.2, 0.25) is 5.95 Å². The van der Waals surface area contributed by atoms with Crippen LogP contribution in [0.5, 0.6) is 0 Å². The van der Waals surface area contributed by atoms with E-state index in [2.05, 4.69) is 28.7 Å². The molecule has 0 saturated heterocycles. The minimum absolute atomic E-state index is 0.116. The number of nitrogens with zero attached hydrogens (tertiary/aromatic N) is 4. The third-order valence-corrected chi connectivity index (χ3v) is 4.58. The van der Waals surface area contributed by atoms with Crippen LogP contribution in [0.2, 0.25) is 0 Å². The molecule has 2 heterocycles. The minimum Gasteiger partial charge on any atom is -0.334 e. The van der Waals surface area contributed by atoms with Gasteiger partial charge in [-0.2, -0.15) is 13.2 Å². The lowest BCUT2D eigenvalue weighted by Gasteiger charge is -2.26. The van der Waals surface area contributed by atoms with E-state index in [1.165, 1.54) is 6.20 Å². The number of alkyl halides is 3. The van der Waals surface area contributed by atoms with Crippen molar-refractivity contribution in [3.8, 4) is 0 Å². The van der Waals surface area contributed by atoms with E-state index in [9.17, 15) is 13.2 Å². The lowest BCUT2D eigenvalue weighted by molar-refractivity contribution is -0.141. The highest BCUT2D eigenvalue weighted by atomic mass is 32.1. The first kappa shape index (κ1) is 18.7. The van der Waals surface area contributed by atoms with Crippen LogP contribution in [0.1, 0.15) is 24.4 Å². The van der Waals surface area contributed by atoms with Gasteiger partial charge in [0.1, 0.15) is 5.69 Å². The molecule has 2 aromatic rings. The SMILES string of the molecule is CCN(CC)CCN(Cc1cccs1)c1nccc(C(F)(F)F)n1. The fourth-order valence-corrected chi connectivity index (χ4v) is 3.02. The summed E-state index contributed by atoms with van der Waals surface area (Å²) < 4.78 is 38.8. The normalized spacial score (nSPS) is 11.9. The Morgan fingerprint density at radius 1 is 1.12 bits per heavy atom. The quantitative estimate of drug-likeness (QED) is 0.716. The molecule has 0 aliphatic rings. The van der Waals surface area contributed by atoms with E-state index in [1.807, 2.05) is 17.5 Å². The summed E-state index contributed by atoms with van der Waals surface area (Å²) in [5, 5.41) is 1.95. The third kappa shape index (κ3) is 5.17. The van der Waals surface area contributed by atoms with Gasteiger partial charge in [0, 0.05) is 24.2 Å². The standard InChI is InChI=1S/C16H21F3N4S/c1-3-22(4-2)9-10-23(12-13-6-5-11-24-13)15-20-8-7-14(21-15)16(17,18)19/h5-8,11H,3-4,9-10,12H2,1-2H3. The highest BCUT2D eigenvalue weighted by molar-refractivity contribution is 7.09. The number of aromatic nitrogens is 2. The van der Waals surface area contributed by atoms with E-state index in [0.29, 0.717) is 13.1 Å². The van der Waals surface area contributed by atoms with Crippen LogP contribution < -0.4 is 4.90 Å². The van der Waals surface area contributed by atoms with E-state index < -0.39 is 11.9 Å². The molecule has 2 rings (SSSR count). The molecule has 0 aliphatic carbocycles. The van der Waals surface area contributed by atoms with E-state index in [-0.39, 0.29) is 5.95 Å². The van der Waals surface area contributed by atoms with Gasteiger partial charge in [-0.25, -0.2) is 9.97 Å². The van der Waals surface area contributed by atoms with Crippen LogP contribution in [0.25, 0.3) is 0 Å². The van der Waals surface area contributed by atoms with Gasteiger partial charge in [0.15, 0.2) is 0 Å². The molecule has 0 aliphatic heterocycles. The van der Waals surface area contributed by atoms with Gasteiger partial charge < -0.3 is 9.80 Å². The monoisotopic (exact) mass is 358 g/mol. The van der Waals surface area contributed by atoms with Crippen LogP contribution in [-0.2, 0) is 12.7 Å². The number of hydrogen-bond acceptors (Lipinski definition) is 5. The Hall–Kier alpha value is -1.67. The summed E-state index contributed by atoms with van der Waals surface area (Å²) in [7, 11) is 0. The van der Waals surface area contributed by atoms with Gasteiger partial charge >= 0.3 is 6.18 Å². The van der Waals surface area contributed by atoms with Crippen molar-refractivity contribution in [2.24, 2.45) is 0 Å². The fourth-order valence-electron chi connectivity index (χ4n) is 2.30. The maximum absolute atomic E-state index is 12.9. The van der Waals surface area contributed by atoms with Gasteiger partial charge in [-0.3, -0.25) is 0 Å². The fraction of sp³-hybridized carbons (Fsp3) is 0.500. The minimum atomic E-state index is -4.47. The first-order valence-corrected chi connectivity index (χ1v) is 8.72. The number of likely N-dealkylation sites (N-methyl/N-ethyl adjacent to an activating group) is 1. The summed E-state index contributed by atoms with van der Waals surface area (Å²) in [6.07, 6.45) is -3.30. The molecule has 132 valence electrons. The zero-order chi connectivity index (χ0) is 17.6. The van der Waals surface area contributed by atoms with Crippen LogP contribution in [0.15, 0.2) is 29.8 Å². The van der Waals surface area contributed by atoms with Gasteiger partial charge in [0.25, 0.3) is 0 Å². The first-order valence-electron chi connectivity index (χ1n) is 7.84. The smallest absolute Gasteiger partial charge is 0.334 e. The number of hydrogen-bond donors (Lipinski definition) is 0.